The summed E-state index contributed by atoms with van der Waals surface area (Å²) in [7, 11) is -0.779. The molecule has 0 spiro atoms. The molecule has 118 valence electrons. The Kier molecular flexibility index (Phi) is 5.10. The van der Waals surface area contributed by atoms with Crippen molar-refractivity contribution in [1.29, 1.82) is 0 Å². The molecule has 2 aliphatic rings. The van der Waals surface area contributed by atoms with Gasteiger partial charge in [-0.25, -0.2) is 8.42 Å². The molecule has 1 heterocycles. The summed E-state index contributed by atoms with van der Waals surface area (Å²) in [6, 6.07) is 0.523. The van der Waals surface area contributed by atoms with Gasteiger partial charge in [-0.15, -0.1) is 0 Å². The number of aliphatic hydroxyl groups is 1. The van der Waals surface area contributed by atoms with Gasteiger partial charge >= 0.3 is 0 Å². The fraction of sp³-hybridized carbons (Fsp3) is 1.00. The molecule has 3 atom stereocenters. The highest BCUT2D eigenvalue weighted by atomic mass is 32.2. The second-order valence-electron chi connectivity index (χ2n) is 6.44. The highest BCUT2D eigenvalue weighted by Gasteiger charge is 2.40. The predicted molar refractivity (Wildman–Crippen MR) is 80.6 cm³/mol. The van der Waals surface area contributed by atoms with E-state index >= 15 is 0 Å². The number of rotatable bonds is 5. The van der Waals surface area contributed by atoms with E-state index in [1.54, 1.807) is 0 Å². The van der Waals surface area contributed by atoms with E-state index in [1.165, 1.54) is 0 Å². The van der Waals surface area contributed by atoms with E-state index in [1.807, 2.05) is 0 Å². The Morgan fingerprint density at radius 3 is 2.65 bits per heavy atom. The van der Waals surface area contributed by atoms with Gasteiger partial charge in [0.15, 0.2) is 9.84 Å². The lowest BCUT2D eigenvalue weighted by atomic mass is 9.78. The molecule has 20 heavy (non-hydrogen) atoms. The van der Waals surface area contributed by atoms with Gasteiger partial charge in [-0.05, 0) is 45.7 Å². The number of likely N-dealkylation sites (N-methyl/N-ethyl adjacent to an activating group) is 1. The van der Waals surface area contributed by atoms with Crippen LogP contribution in [0.2, 0.25) is 0 Å². The van der Waals surface area contributed by atoms with Crippen molar-refractivity contribution in [1.82, 2.24) is 10.2 Å². The van der Waals surface area contributed by atoms with Crippen molar-refractivity contribution in [3.05, 3.63) is 0 Å². The quantitative estimate of drug-likeness (QED) is 0.769. The Balaban J connectivity index is 2.01. The SMILES string of the molecule is CCNC1(CO)CCCC(N(C)C2CCS(=O)(=O)C2)C1. The van der Waals surface area contributed by atoms with Crippen molar-refractivity contribution in [2.24, 2.45) is 0 Å². The molecule has 0 aromatic carbocycles. The summed E-state index contributed by atoms with van der Waals surface area (Å²) in [4.78, 5) is 2.26. The van der Waals surface area contributed by atoms with E-state index in [2.05, 4.69) is 24.2 Å². The maximum absolute atomic E-state index is 11.6. The number of hydrogen-bond acceptors (Lipinski definition) is 5. The molecule has 0 radical (unpaired) electrons. The van der Waals surface area contributed by atoms with Crippen molar-refractivity contribution < 1.29 is 13.5 Å². The summed E-state index contributed by atoms with van der Waals surface area (Å²) >= 11 is 0. The average Bonchev–Trinajstić information content (AvgIpc) is 2.79. The van der Waals surface area contributed by atoms with Gasteiger partial charge in [-0.2, -0.15) is 0 Å². The van der Waals surface area contributed by atoms with Crippen LogP contribution in [0, 0.1) is 0 Å². The number of sulfone groups is 1. The second kappa shape index (κ2) is 6.30. The number of nitrogens with zero attached hydrogens (tertiary/aromatic N) is 1. The fourth-order valence-corrected chi connectivity index (χ4v) is 5.59. The third kappa shape index (κ3) is 3.53. The first-order valence-corrected chi connectivity index (χ1v) is 9.52. The molecule has 2 fully saturated rings. The maximum Gasteiger partial charge on any atom is 0.151 e. The molecule has 0 aromatic heterocycles. The van der Waals surface area contributed by atoms with Gasteiger partial charge in [-0.3, -0.25) is 4.90 Å². The fourth-order valence-electron chi connectivity index (χ4n) is 3.81. The molecule has 5 nitrogen and oxygen atoms in total. The van der Waals surface area contributed by atoms with Gasteiger partial charge in [0, 0.05) is 17.6 Å². The van der Waals surface area contributed by atoms with Crippen LogP contribution < -0.4 is 5.32 Å². The monoisotopic (exact) mass is 304 g/mol. The van der Waals surface area contributed by atoms with E-state index in [4.69, 9.17) is 0 Å². The van der Waals surface area contributed by atoms with E-state index in [9.17, 15) is 13.5 Å². The molecule has 2 rings (SSSR count). The topological polar surface area (TPSA) is 69.6 Å². The number of nitrogens with one attached hydrogen (secondary N) is 1. The minimum Gasteiger partial charge on any atom is -0.394 e. The first-order valence-electron chi connectivity index (χ1n) is 7.69. The molecule has 2 N–H and O–H groups in total. The van der Waals surface area contributed by atoms with Gasteiger partial charge < -0.3 is 10.4 Å². The smallest absolute Gasteiger partial charge is 0.151 e. The Hall–Kier alpha value is -0.170. The Morgan fingerprint density at radius 1 is 1.35 bits per heavy atom. The van der Waals surface area contributed by atoms with Crippen LogP contribution in [0.1, 0.15) is 39.0 Å². The lowest BCUT2D eigenvalue weighted by Crippen LogP contribution is -2.56. The van der Waals surface area contributed by atoms with E-state index < -0.39 is 9.84 Å². The summed E-state index contributed by atoms with van der Waals surface area (Å²) in [5.74, 6) is 0.625. The van der Waals surface area contributed by atoms with Crippen LogP contribution in [0.25, 0.3) is 0 Å². The highest BCUT2D eigenvalue weighted by Crippen LogP contribution is 2.32. The van der Waals surface area contributed by atoms with E-state index in [0.717, 1.165) is 38.6 Å². The van der Waals surface area contributed by atoms with Gasteiger partial charge in [0.2, 0.25) is 0 Å². The Labute approximate surface area is 122 Å². The number of hydrogen-bond donors (Lipinski definition) is 2. The molecular weight excluding hydrogens is 276 g/mol. The van der Waals surface area contributed by atoms with Crippen LogP contribution in [-0.2, 0) is 9.84 Å². The standard InChI is InChI=1S/C14H28N2O3S/c1-3-15-14(11-17)7-4-5-12(9-14)16(2)13-6-8-20(18,19)10-13/h12-13,15,17H,3-11H2,1-2H3. The van der Waals surface area contributed by atoms with Crippen LogP contribution in [-0.4, -0.2) is 67.8 Å². The minimum atomic E-state index is -2.83. The molecule has 0 aromatic rings. The Bertz CT molecular complexity index is 422. The summed E-state index contributed by atoms with van der Waals surface area (Å²) in [6.45, 7) is 3.08. The lowest BCUT2D eigenvalue weighted by Gasteiger charge is -2.45. The van der Waals surface area contributed by atoms with Crippen molar-refractivity contribution >= 4 is 9.84 Å². The summed E-state index contributed by atoms with van der Waals surface area (Å²) in [5.41, 5.74) is -0.177. The molecular formula is C14H28N2O3S. The van der Waals surface area contributed by atoms with Gasteiger partial charge in [0.05, 0.1) is 18.1 Å². The predicted octanol–water partition coefficient (Wildman–Crippen LogP) is 0.389. The number of aliphatic hydroxyl groups excluding tert-OH is 1. The van der Waals surface area contributed by atoms with Crippen molar-refractivity contribution in [3.8, 4) is 0 Å². The molecule has 1 aliphatic carbocycles. The van der Waals surface area contributed by atoms with Crippen molar-refractivity contribution in [3.63, 3.8) is 0 Å². The third-order valence-corrected chi connectivity index (χ3v) is 6.78. The summed E-state index contributed by atoms with van der Waals surface area (Å²) in [6.07, 6.45) is 4.85. The zero-order chi connectivity index (χ0) is 14.8. The van der Waals surface area contributed by atoms with Gasteiger partial charge in [0.1, 0.15) is 0 Å². The normalized spacial score (nSPS) is 37.4. The molecule has 6 heteroatoms. The molecule has 1 saturated heterocycles. The van der Waals surface area contributed by atoms with Crippen LogP contribution >= 0.6 is 0 Å². The zero-order valence-corrected chi connectivity index (χ0v) is 13.5. The summed E-state index contributed by atoms with van der Waals surface area (Å²) < 4.78 is 23.3. The van der Waals surface area contributed by atoms with Crippen LogP contribution in [0.3, 0.4) is 0 Å². The highest BCUT2D eigenvalue weighted by molar-refractivity contribution is 7.91. The first-order chi connectivity index (χ1) is 9.41. The molecule has 0 bridgehead atoms. The van der Waals surface area contributed by atoms with Crippen LogP contribution in [0.4, 0.5) is 0 Å². The lowest BCUT2D eigenvalue weighted by molar-refractivity contribution is 0.0577. The minimum absolute atomic E-state index is 0.154. The molecule has 3 unspecified atom stereocenters. The second-order valence-corrected chi connectivity index (χ2v) is 8.67. The first kappa shape index (κ1) is 16.2. The zero-order valence-electron chi connectivity index (χ0n) is 12.6. The summed E-state index contributed by atoms with van der Waals surface area (Å²) in [5, 5.41) is 13.2. The van der Waals surface area contributed by atoms with Gasteiger partial charge in [0.25, 0.3) is 0 Å². The molecule has 0 amide bonds. The van der Waals surface area contributed by atoms with Crippen LogP contribution in [0.5, 0.6) is 0 Å². The van der Waals surface area contributed by atoms with E-state index in [0.29, 0.717) is 17.5 Å². The van der Waals surface area contributed by atoms with Crippen LogP contribution in [0.15, 0.2) is 0 Å². The third-order valence-electron chi connectivity index (χ3n) is 5.03. The molecule has 1 saturated carbocycles. The maximum atomic E-state index is 11.6. The van der Waals surface area contributed by atoms with Crippen molar-refractivity contribution in [2.45, 2.75) is 56.7 Å². The van der Waals surface area contributed by atoms with E-state index in [-0.39, 0.29) is 18.2 Å². The Morgan fingerprint density at radius 2 is 2.10 bits per heavy atom. The molecule has 1 aliphatic heterocycles. The van der Waals surface area contributed by atoms with Gasteiger partial charge in [-0.1, -0.05) is 6.92 Å². The van der Waals surface area contributed by atoms with Crippen molar-refractivity contribution in [2.75, 3.05) is 31.7 Å². The largest absolute Gasteiger partial charge is 0.394 e. The average molecular weight is 304 g/mol.